The Kier molecular flexibility index (Phi) is 3.18. The first-order valence-electron chi connectivity index (χ1n) is 9.28. The number of allylic oxidation sites excluding steroid dienone is 1. The molecule has 0 saturated heterocycles. The van der Waals surface area contributed by atoms with Gasteiger partial charge >= 0.3 is 0 Å². The highest BCUT2D eigenvalue weighted by Crippen LogP contribution is 2.67. The van der Waals surface area contributed by atoms with Crippen molar-refractivity contribution in [1.29, 1.82) is 0 Å². The molecule has 0 aromatic heterocycles. The van der Waals surface area contributed by atoms with Gasteiger partial charge in [0, 0.05) is 11.8 Å². The van der Waals surface area contributed by atoms with Crippen molar-refractivity contribution < 1.29 is 9.90 Å². The van der Waals surface area contributed by atoms with Gasteiger partial charge < -0.3 is 5.11 Å². The van der Waals surface area contributed by atoms with Gasteiger partial charge in [-0.15, -0.1) is 6.42 Å². The molecule has 0 heterocycles. The Morgan fingerprint density at radius 2 is 1.87 bits per heavy atom. The maximum Gasteiger partial charge on any atom is 0.155 e. The van der Waals surface area contributed by atoms with Crippen molar-refractivity contribution in [3.8, 4) is 12.3 Å². The third kappa shape index (κ3) is 1.84. The van der Waals surface area contributed by atoms with E-state index in [4.69, 9.17) is 6.42 Å². The maximum absolute atomic E-state index is 11.8. The van der Waals surface area contributed by atoms with Gasteiger partial charge in [-0.1, -0.05) is 25.3 Å². The van der Waals surface area contributed by atoms with E-state index in [2.05, 4.69) is 19.8 Å². The zero-order valence-corrected chi connectivity index (χ0v) is 14.4. The summed E-state index contributed by atoms with van der Waals surface area (Å²) >= 11 is 0. The zero-order valence-electron chi connectivity index (χ0n) is 14.4. The highest BCUT2D eigenvalue weighted by atomic mass is 16.3. The molecule has 4 rings (SSSR count). The van der Waals surface area contributed by atoms with Crippen LogP contribution in [0.5, 0.6) is 0 Å². The van der Waals surface area contributed by atoms with Gasteiger partial charge in [0.25, 0.3) is 0 Å². The van der Waals surface area contributed by atoms with E-state index in [-0.39, 0.29) is 10.8 Å². The van der Waals surface area contributed by atoms with Crippen LogP contribution < -0.4 is 0 Å². The van der Waals surface area contributed by atoms with E-state index < -0.39 is 5.60 Å². The van der Waals surface area contributed by atoms with Crippen LogP contribution in [-0.4, -0.2) is 16.5 Å². The fraction of sp³-hybridized carbons (Fsp3) is 0.762. The van der Waals surface area contributed by atoms with Crippen LogP contribution in [0.15, 0.2) is 11.6 Å². The smallest absolute Gasteiger partial charge is 0.155 e. The summed E-state index contributed by atoms with van der Waals surface area (Å²) in [4.78, 5) is 11.8. The highest BCUT2D eigenvalue weighted by Gasteiger charge is 2.63. The van der Waals surface area contributed by atoms with Crippen molar-refractivity contribution in [2.75, 3.05) is 0 Å². The summed E-state index contributed by atoms with van der Waals surface area (Å²) in [6.07, 6.45) is 15.6. The Bertz CT molecular complexity index is 626. The molecule has 0 radical (unpaired) electrons. The molecule has 3 fully saturated rings. The molecule has 23 heavy (non-hydrogen) atoms. The summed E-state index contributed by atoms with van der Waals surface area (Å²) in [7, 11) is 0. The molecular formula is C21H28O2. The summed E-state index contributed by atoms with van der Waals surface area (Å²) in [5, 5.41) is 11.0. The number of aliphatic hydroxyl groups is 1. The van der Waals surface area contributed by atoms with Crippen LogP contribution in [-0.2, 0) is 4.79 Å². The van der Waals surface area contributed by atoms with E-state index in [9.17, 15) is 9.90 Å². The number of hydrogen-bond acceptors (Lipinski definition) is 2. The van der Waals surface area contributed by atoms with Gasteiger partial charge in [-0.2, -0.15) is 0 Å². The van der Waals surface area contributed by atoms with E-state index in [1.807, 2.05) is 6.08 Å². The quantitative estimate of drug-likeness (QED) is 0.689. The third-order valence-corrected chi connectivity index (χ3v) is 8.35. The van der Waals surface area contributed by atoms with Crippen molar-refractivity contribution in [2.45, 2.75) is 70.8 Å². The van der Waals surface area contributed by atoms with E-state index >= 15 is 0 Å². The predicted molar refractivity (Wildman–Crippen MR) is 90.5 cm³/mol. The second-order valence-electron chi connectivity index (χ2n) is 8.97. The van der Waals surface area contributed by atoms with Crippen LogP contribution in [0.25, 0.3) is 0 Å². The van der Waals surface area contributed by atoms with Crippen molar-refractivity contribution in [3.63, 3.8) is 0 Å². The normalized spacial score (nSPS) is 52.0. The number of carbonyl (C=O) groups excluding carboxylic acids is 1. The lowest BCUT2D eigenvalue weighted by Gasteiger charge is -2.58. The minimum atomic E-state index is -0.914. The van der Waals surface area contributed by atoms with Gasteiger partial charge in [0.15, 0.2) is 5.78 Å². The molecule has 3 saturated carbocycles. The molecule has 1 N–H and O–H groups in total. The van der Waals surface area contributed by atoms with Gasteiger partial charge in [-0.05, 0) is 74.2 Å². The minimum absolute atomic E-state index is 0.120. The van der Waals surface area contributed by atoms with Gasteiger partial charge in [0.2, 0.25) is 0 Å². The average Bonchev–Trinajstić information content (AvgIpc) is 2.80. The molecule has 0 spiro atoms. The van der Waals surface area contributed by atoms with Crippen LogP contribution in [0.2, 0.25) is 0 Å². The van der Waals surface area contributed by atoms with Crippen LogP contribution in [0.1, 0.15) is 65.2 Å². The van der Waals surface area contributed by atoms with Crippen molar-refractivity contribution in [3.05, 3.63) is 11.6 Å². The van der Waals surface area contributed by atoms with Gasteiger partial charge in [-0.3, -0.25) is 4.79 Å². The fourth-order valence-electron chi connectivity index (χ4n) is 6.81. The largest absolute Gasteiger partial charge is 0.377 e. The van der Waals surface area contributed by atoms with Crippen molar-refractivity contribution in [1.82, 2.24) is 0 Å². The van der Waals surface area contributed by atoms with Gasteiger partial charge in [0.05, 0.1) is 0 Å². The molecule has 5 unspecified atom stereocenters. The first-order valence-corrected chi connectivity index (χ1v) is 9.28. The lowest BCUT2D eigenvalue weighted by atomic mass is 9.46. The Morgan fingerprint density at radius 1 is 1.13 bits per heavy atom. The first-order chi connectivity index (χ1) is 10.8. The van der Waals surface area contributed by atoms with E-state index in [1.54, 1.807) is 0 Å². The van der Waals surface area contributed by atoms with Crippen LogP contribution in [0.3, 0.4) is 0 Å². The fourth-order valence-corrected chi connectivity index (χ4v) is 6.81. The molecule has 0 aromatic carbocycles. The Morgan fingerprint density at radius 3 is 2.61 bits per heavy atom. The lowest BCUT2D eigenvalue weighted by Crippen LogP contribution is -2.54. The summed E-state index contributed by atoms with van der Waals surface area (Å²) in [6.45, 7) is 4.63. The molecule has 0 bridgehead atoms. The topological polar surface area (TPSA) is 37.3 Å². The SMILES string of the molecule is C#CC1(O)CCC2C3CCC4=CC(=O)CCC4(C)C3CC[C@@]21C. The monoisotopic (exact) mass is 312 g/mol. The lowest BCUT2D eigenvalue weighted by molar-refractivity contribution is -0.119. The third-order valence-electron chi connectivity index (χ3n) is 8.35. The molecule has 0 aromatic rings. The summed E-state index contributed by atoms with van der Waals surface area (Å²) < 4.78 is 0. The second-order valence-corrected chi connectivity index (χ2v) is 8.97. The van der Waals surface area contributed by atoms with Crippen LogP contribution in [0, 0.1) is 40.9 Å². The van der Waals surface area contributed by atoms with Crippen LogP contribution in [0.4, 0.5) is 0 Å². The molecule has 6 atom stereocenters. The van der Waals surface area contributed by atoms with E-state index in [0.717, 1.165) is 38.5 Å². The average molecular weight is 312 g/mol. The number of ketones is 1. The standard InChI is InChI=1S/C21H28O2/c1-4-21(23)12-9-18-16-6-5-14-13-15(22)7-10-19(14,2)17(16)8-11-20(18,21)3/h1,13,16-18,23H,5-12H2,2-3H3/t16?,17?,18?,19?,20-,21?/m0/s1. The minimum Gasteiger partial charge on any atom is -0.377 e. The number of rotatable bonds is 0. The maximum atomic E-state index is 11.8. The van der Waals surface area contributed by atoms with Gasteiger partial charge in [0.1, 0.15) is 5.60 Å². The second kappa shape index (κ2) is 4.73. The zero-order chi connectivity index (χ0) is 16.5. The summed E-state index contributed by atoms with van der Waals surface area (Å²) in [6, 6.07) is 0. The van der Waals surface area contributed by atoms with E-state index in [0.29, 0.717) is 30.0 Å². The van der Waals surface area contributed by atoms with Crippen LogP contribution >= 0.6 is 0 Å². The predicted octanol–water partition coefficient (Wildman–Crippen LogP) is 3.88. The molecule has 2 nitrogen and oxygen atoms in total. The number of fused-ring (bicyclic) bond motifs is 5. The number of terminal acetylenes is 1. The Labute approximate surface area is 139 Å². The summed E-state index contributed by atoms with van der Waals surface area (Å²) in [5.41, 5.74) is 0.575. The summed E-state index contributed by atoms with van der Waals surface area (Å²) in [5.74, 6) is 4.93. The van der Waals surface area contributed by atoms with Crippen molar-refractivity contribution in [2.24, 2.45) is 28.6 Å². The number of hydrogen-bond donors (Lipinski definition) is 1. The molecule has 4 aliphatic rings. The van der Waals surface area contributed by atoms with Crippen molar-refractivity contribution >= 4 is 5.78 Å². The molecule has 4 aliphatic carbocycles. The van der Waals surface area contributed by atoms with Gasteiger partial charge in [-0.25, -0.2) is 0 Å². The first kappa shape index (κ1) is 15.5. The molecule has 0 aliphatic heterocycles. The number of carbonyl (C=O) groups is 1. The molecule has 2 heteroatoms. The highest BCUT2D eigenvalue weighted by molar-refractivity contribution is 5.91. The molecule has 0 amide bonds. The Balaban J connectivity index is 1.70. The van der Waals surface area contributed by atoms with E-state index in [1.165, 1.54) is 12.0 Å². The molecule has 124 valence electrons. The molecular weight excluding hydrogens is 284 g/mol. The Hall–Kier alpha value is -1.07.